The van der Waals surface area contributed by atoms with Gasteiger partial charge in [-0.05, 0) is 18.9 Å². The predicted octanol–water partition coefficient (Wildman–Crippen LogP) is 4.11. The summed E-state index contributed by atoms with van der Waals surface area (Å²) in [5.41, 5.74) is 2.98. The summed E-state index contributed by atoms with van der Waals surface area (Å²) in [6.45, 7) is 6.85. The minimum atomic E-state index is 0.168. The summed E-state index contributed by atoms with van der Waals surface area (Å²) in [6.07, 6.45) is 8.90. The van der Waals surface area contributed by atoms with Crippen molar-refractivity contribution in [1.82, 2.24) is 20.2 Å². The second-order valence-electron chi connectivity index (χ2n) is 6.10. The summed E-state index contributed by atoms with van der Waals surface area (Å²) < 4.78 is 6.81. The standard InChI is InChI=1S/C16H26N4O/c1-5-7-8-10-16(3,9-6-2)15-11-13(18-20(15)4)14-12-21-19-17-14/h11-12H,5-10H2,1-4H3. The fraction of sp³-hybridized carbons (Fsp3) is 0.688. The lowest BCUT2D eigenvalue weighted by atomic mass is 9.77. The van der Waals surface area contributed by atoms with E-state index in [0.29, 0.717) is 5.69 Å². The third-order valence-electron chi connectivity index (χ3n) is 4.25. The van der Waals surface area contributed by atoms with Gasteiger partial charge in [-0.3, -0.25) is 4.68 Å². The Kier molecular flexibility index (Phi) is 5.15. The maximum Gasteiger partial charge on any atom is 0.154 e. The fourth-order valence-electron chi connectivity index (χ4n) is 3.13. The first kappa shape index (κ1) is 15.7. The van der Waals surface area contributed by atoms with Crippen molar-refractivity contribution in [3.8, 4) is 11.4 Å². The highest BCUT2D eigenvalue weighted by molar-refractivity contribution is 5.52. The SMILES string of the molecule is CCCCCC(C)(CCC)c1cc(-c2conn2)nn1C. The molecule has 0 aromatic carbocycles. The zero-order valence-corrected chi connectivity index (χ0v) is 13.6. The van der Waals surface area contributed by atoms with Gasteiger partial charge in [0.05, 0.1) is 0 Å². The van der Waals surface area contributed by atoms with Crippen molar-refractivity contribution in [3.05, 3.63) is 18.0 Å². The van der Waals surface area contributed by atoms with E-state index in [9.17, 15) is 0 Å². The summed E-state index contributed by atoms with van der Waals surface area (Å²) in [7, 11) is 2.01. The van der Waals surface area contributed by atoms with Crippen LogP contribution in [0.1, 0.15) is 65.0 Å². The van der Waals surface area contributed by atoms with Gasteiger partial charge in [0, 0.05) is 23.4 Å². The van der Waals surface area contributed by atoms with Crippen LogP contribution in [0, 0.1) is 0 Å². The molecular formula is C16H26N4O. The number of rotatable bonds is 8. The molecule has 5 nitrogen and oxygen atoms in total. The van der Waals surface area contributed by atoms with Crippen LogP contribution in [0.5, 0.6) is 0 Å². The summed E-state index contributed by atoms with van der Waals surface area (Å²) in [4.78, 5) is 0. The van der Waals surface area contributed by atoms with Gasteiger partial charge in [0.2, 0.25) is 0 Å². The molecule has 2 aromatic heterocycles. The molecule has 0 aliphatic heterocycles. The molecule has 1 atom stereocenters. The van der Waals surface area contributed by atoms with Gasteiger partial charge in [0.1, 0.15) is 5.69 Å². The van der Waals surface area contributed by atoms with Crippen molar-refractivity contribution >= 4 is 0 Å². The summed E-state index contributed by atoms with van der Waals surface area (Å²) in [5.74, 6) is 0. The van der Waals surface area contributed by atoms with Gasteiger partial charge in [-0.2, -0.15) is 5.10 Å². The van der Waals surface area contributed by atoms with E-state index < -0.39 is 0 Å². The molecule has 116 valence electrons. The van der Waals surface area contributed by atoms with E-state index in [0.717, 1.165) is 5.69 Å². The van der Waals surface area contributed by atoms with E-state index >= 15 is 0 Å². The van der Waals surface area contributed by atoms with E-state index in [1.807, 2.05) is 11.7 Å². The van der Waals surface area contributed by atoms with E-state index in [1.54, 1.807) is 6.26 Å². The van der Waals surface area contributed by atoms with Gasteiger partial charge in [-0.1, -0.05) is 46.5 Å². The predicted molar refractivity (Wildman–Crippen MR) is 82.9 cm³/mol. The Labute approximate surface area is 126 Å². The van der Waals surface area contributed by atoms with Crippen molar-refractivity contribution in [2.75, 3.05) is 0 Å². The number of nitrogens with zero attached hydrogens (tertiary/aromatic N) is 4. The Bertz CT molecular complexity index is 547. The van der Waals surface area contributed by atoms with Crippen LogP contribution in [-0.2, 0) is 12.5 Å². The number of hydrogen-bond acceptors (Lipinski definition) is 4. The molecule has 0 bridgehead atoms. The molecule has 2 rings (SSSR count). The molecule has 0 amide bonds. The molecule has 0 fully saturated rings. The van der Waals surface area contributed by atoms with Crippen LogP contribution in [0.4, 0.5) is 0 Å². The third kappa shape index (κ3) is 3.52. The highest BCUT2D eigenvalue weighted by Gasteiger charge is 2.29. The average molecular weight is 290 g/mol. The van der Waals surface area contributed by atoms with Gasteiger partial charge in [-0.25, -0.2) is 0 Å². The highest BCUT2D eigenvalue weighted by atomic mass is 16.5. The molecule has 0 saturated heterocycles. The molecule has 0 spiro atoms. The maximum atomic E-state index is 4.82. The molecule has 0 aliphatic carbocycles. The lowest BCUT2D eigenvalue weighted by Gasteiger charge is -2.29. The van der Waals surface area contributed by atoms with Crippen molar-refractivity contribution in [2.24, 2.45) is 7.05 Å². The van der Waals surface area contributed by atoms with Crippen molar-refractivity contribution in [3.63, 3.8) is 0 Å². The first-order valence-corrected chi connectivity index (χ1v) is 7.92. The highest BCUT2D eigenvalue weighted by Crippen LogP contribution is 2.35. The molecule has 0 saturated carbocycles. The molecule has 0 radical (unpaired) electrons. The minimum Gasteiger partial charge on any atom is -0.345 e. The van der Waals surface area contributed by atoms with Crippen LogP contribution in [0.2, 0.25) is 0 Å². The normalized spacial score (nSPS) is 14.3. The number of aryl methyl sites for hydroxylation is 1. The smallest absolute Gasteiger partial charge is 0.154 e. The Morgan fingerprint density at radius 3 is 2.57 bits per heavy atom. The van der Waals surface area contributed by atoms with E-state index in [4.69, 9.17) is 4.52 Å². The molecule has 2 aromatic rings. The van der Waals surface area contributed by atoms with E-state index in [-0.39, 0.29) is 5.41 Å². The topological polar surface area (TPSA) is 56.7 Å². The number of aromatic nitrogens is 4. The molecular weight excluding hydrogens is 264 g/mol. The zero-order chi connectivity index (χ0) is 15.3. The molecule has 1 unspecified atom stereocenters. The number of unbranched alkanes of at least 4 members (excludes halogenated alkanes) is 2. The van der Waals surface area contributed by atoms with Crippen molar-refractivity contribution in [2.45, 2.75) is 64.7 Å². The Morgan fingerprint density at radius 1 is 1.14 bits per heavy atom. The van der Waals surface area contributed by atoms with Crippen molar-refractivity contribution in [1.29, 1.82) is 0 Å². The first-order valence-electron chi connectivity index (χ1n) is 7.92. The van der Waals surface area contributed by atoms with Crippen LogP contribution in [0.25, 0.3) is 11.4 Å². The molecule has 21 heavy (non-hydrogen) atoms. The minimum absolute atomic E-state index is 0.168. The molecule has 5 heteroatoms. The molecule has 2 heterocycles. The second-order valence-corrected chi connectivity index (χ2v) is 6.10. The monoisotopic (exact) mass is 290 g/mol. The summed E-state index contributed by atoms with van der Waals surface area (Å²) >= 11 is 0. The van der Waals surface area contributed by atoms with Gasteiger partial charge in [-0.15, -0.1) is 5.10 Å². The van der Waals surface area contributed by atoms with Crippen LogP contribution < -0.4 is 0 Å². The van der Waals surface area contributed by atoms with Crippen LogP contribution >= 0.6 is 0 Å². The Morgan fingerprint density at radius 2 is 1.95 bits per heavy atom. The Hall–Kier alpha value is -1.65. The van der Waals surface area contributed by atoms with E-state index in [1.165, 1.54) is 44.2 Å². The zero-order valence-electron chi connectivity index (χ0n) is 13.6. The summed E-state index contributed by atoms with van der Waals surface area (Å²) in [6, 6.07) is 2.14. The quantitative estimate of drug-likeness (QED) is 0.686. The largest absolute Gasteiger partial charge is 0.345 e. The van der Waals surface area contributed by atoms with Gasteiger partial charge in [0.25, 0.3) is 0 Å². The summed E-state index contributed by atoms with van der Waals surface area (Å²) in [5, 5.41) is 12.1. The lowest BCUT2D eigenvalue weighted by molar-refractivity contribution is 0.355. The average Bonchev–Trinajstić information content (AvgIpc) is 3.08. The first-order chi connectivity index (χ1) is 10.1. The van der Waals surface area contributed by atoms with Gasteiger partial charge < -0.3 is 4.52 Å². The molecule has 0 N–H and O–H groups in total. The van der Waals surface area contributed by atoms with Gasteiger partial charge >= 0.3 is 0 Å². The van der Waals surface area contributed by atoms with Gasteiger partial charge in [0.15, 0.2) is 12.0 Å². The van der Waals surface area contributed by atoms with Crippen LogP contribution in [0.3, 0.4) is 0 Å². The fourth-order valence-corrected chi connectivity index (χ4v) is 3.13. The third-order valence-corrected chi connectivity index (χ3v) is 4.25. The van der Waals surface area contributed by atoms with Crippen LogP contribution in [-0.4, -0.2) is 20.2 Å². The van der Waals surface area contributed by atoms with E-state index in [2.05, 4.69) is 42.3 Å². The Balaban J connectivity index is 2.27. The second kappa shape index (κ2) is 6.87. The molecule has 0 aliphatic rings. The lowest BCUT2D eigenvalue weighted by Crippen LogP contribution is -2.25. The maximum absolute atomic E-state index is 4.82. The van der Waals surface area contributed by atoms with Crippen molar-refractivity contribution < 1.29 is 4.52 Å². The number of hydrogen-bond donors (Lipinski definition) is 0. The van der Waals surface area contributed by atoms with Crippen LogP contribution in [0.15, 0.2) is 16.9 Å².